The van der Waals surface area contributed by atoms with Crippen LogP contribution in [0.2, 0.25) is 5.02 Å². The molecule has 0 amide bonds. The number of halogens is 3. The number of ether oxygens (including phenoxy) is 1. The van der Waals surface area contributed by atoms with Crippen molar-refractivity contribution in [1.82, 2.24) is 0 Å². The van der Waals surface area contributed by atoms with Crippen LogP contribution in [0.1, 0.15) is 16.0 Å². The summed E-state index contributed by atoms with van der Waals surface area (Å²) in [5.41, 5.74) is 2.16. The molecule has 2 aromatic carbocycles. The van der Waals surface area contributed by atoms with Crippen molar-refractivity contribution < 1.29 is 4.74 Å². The molecule has 18 heavy (non-hydrogen) atoms. The molecule has 0 N–H and O–H groups in total. The highest BCUT2D eigenvalue weighted by molar-refractivity contribution is 9.11. The Hall–Kier alpha value is -0.510. The predicted octanol–water partition coefficient (Wildman–Crippen LogP) is 5.60. The van der Waals surface area contributed by atoms with Gasteiger partial charge in [0.1, 0.15) is 5.75 Å². The van der Waals surface area contributed by atoms with E-state index in [2.05, 4.69) is 31.9 Å². The summed E-state index contributed by atoms with van der Waals surface area (Å²) in [5, 5.41) is 0.752. The maximum Gasteiger partial charge on any atom is 0.120 e. The fourth-order valence-corrected chi connectivity index (χ4v) is 3.76. The predicted molar refractivity (Wildman–Crippen MR) is 82.9 cm³/mol. The largest absolute Gasteiger partial charge is 0.497 e. The minimum atomic E-state index is 0.0477. The quantitative estimate of drug-likeness (QED) is 0.620. The first-order valence-corrected chi connectivity index (χ1v) is 7.44. The highest BCUT2D eigenvalue weighted by Gasteiger charge is 2.16. The maximum absolute atomic E-state index is 6.21. The monoisotopic (exact) mass is 388 g/mol. The van der Waals surface area contributed by atoms with Crippen LogP contribution >= 0.6 is 43.5 Å². The van der Waals surface area contributed by atoms with Crippen LogP contribution in [0.5, 0.6) is 5.75 Å². The van der Waals surface area contributed by atoms with E-state index in [9.17, 15) is 0 Å². The van der Waals surface area contributed by atoms with Gasteiger partial charge in [0.15, 0.2) is 0 Å². The van der Waals surface area contributed by atoms with E-state index in [1.54, 1.807) is 7.11 Å². The van der Waals surface area contributed by atoms with Gasteiger partial charge in [-0.3, -0.25) is 0 Å². The number of alkyl halides is 1. The molecule has 1 atom stereocenters. The molecule has 2 aromatic rings. The lowest BCUT2D eigenvalue weighted by Gasteiger charge is -2.15. The van der Waals surface area contributed by atoms with E-state index in [0.717, 1.165) is 26.4 Å². The summed E-state index contributed by atoms with van der Waals surface area (Å²) in [6.07, 6.45) is 0. The Morgan fingerprint density at radius 3 is 2.44 bits per heavy atom. The lowest BCUT2D eigenvalue weighted by molar-refractivity contribution is 0.414. The topological polar surface area (TPSA) is 9.23 Å². The molecule has 0 bridgehead atoms. The van der Waals surface area contributed by atoms with Crippen LogP contribution in [0.4, 0.5) is 0 Å². The van der Waals surface area contributed by atoms with Gasteiger partial charge in [-0.1, -0.05) is 67.7 Å². The first-order chi connectivity index (χ1) is 8.63. The van der Waals surface area contributed by atoms with Crippen LogP contribution in [0.3, 0.4) is 0 Å². The molecule has 1 nitrogen and oxygen atoms in total. The number of methoxy groups -OCH3 is 1. The van der Waals surface area contributed by atoms with E-state index in [1.165, 1.54) is 0 Å². The summed E-state index contributed by atoms with van der Waals surface area (Å²) < 4.78 is 6.18. The second-order valence-electron chi connectivity index (χ2n) is 3.77. The summed E-state index contributed by atoms with van der Waals surface area (Å²) in [6.45, 7) is 0. The van der Waals surface area contributed by atoms with Gasteiger partial charge in [-0.25, -0.2) is 0 Å². The van der Waals surface area contributed by atoms with Gasteiger partial charge in [-0.05, 0) is 29.3 Å². The summed E-state index contributed by atoms with van der Waals surface area (Å²) >= 11 is 13.5. The molecule has 2 rings (SSSR count). The lowest BCUT2D eigenvalue weighted by Crippen LogP contribution is -1.95. The lowest BCUT2D eigenvalue weighted by atomic mass is 10.0. The van der Waals surface area contributed by atoms with Crippen LogP contribution in [0, 0.1) is 0 Å². The Bertz CT molecular complexity index is 557. The maximum atomic E-state index is 6.21. The molecule has 0 radical (unpaired) electrons. The first-order valence-electron chi connectivity index (χ1n) is 5.35. The van der Waals surface area contributed by atoms with Gasteiger partial charge in [-0.15, -0.1) is 0 Å². The van der Waals surface area contributed by atoms with E-state index in [1.807, 2.05) is 42.5 Å². The zero-order chi connectivity index (χ0) is 13.1. The second-order valence-corrected chi connectivity index (χ2v) is 5.95. The van der Waals surface area contributed by atoms with Gasteiger partial charge in [0.25, 0.3) is 0 Å². The number of benzene rings is 2. The van der Waals surface area contributed by atoms with E-state index < -0.39 is 0 Å². The molecule has 1 unspecified atom stereocenters. The SMILES string of the molecule is COc1ccc(C(Br)c2ccccc2Cl)c(Br)c1. The van der Waals surface area contributed by atoms with E-state index in [0.29, 0.717) is 0 Å². The van der Waals surface area contributed by atoms with Crippen LogP contribution in [0.25, 0.3) is 0 Å². The number of hydrogen-bond acceptors (Lipinski definition) is 1. The van der Waals surface area contributed by atoms with Crippen molar-refractivity contribution in [2.24, 2.45) is 0 Å². The molecular formula is C14H11Br2ClO. The molecule has 94 valence electrons. The normalized spacial score (nSPS) is 12.2. The van der Waals surface area contributed by atoms with Crippen LogP contribution in [0.15, 0.2) is 46.9 Å². The molecule has 0 saturated heterocycles. The first kappa shape index (κ1) is 13.9. The minimum absolute atomic E-state index is 0.0477. The van der Waals surface area contributed by atoms with Crippen LogP contribution < -0.4 is 4.74 Å². The van der Waals surface area contributed by atoms with Crippen molar-refractivity contribution in [3.63, 3.8) is 0 Å². The molecule has 0 heterocycles. The minimum Gasteiger partial charge on any atom is -0.497 e. The van der Waals surface area contributed by atoms with E-state index in [-0.39, 0.29) is 4.83 Å². The van der Waals surface area contributed by atoms with Crippen molar-refractivity contribution in [3.05, 3.63) is 63.1 Å². The van der Waals surface area contributed by atoms with Gasteiger partial charge in [0.2, 0.25) is 0 Å². The fraction of sp³-hybridized carbons (Fsp3) is 0.143. The summed E-state index contributed by atoms with van der Waals surface area (Å²) in [4.78, 5) is 0.0477. The molecule has 0 spiro atoms. The molecular weight excluding hydrogens is 379 g/mol. The molecule has 4 heteroatoms. The smallest absolute Gasteiger partial charge is 0.120 e. The molecule has 0 aliphatic rings. The van der Waals surface area contributed by atoms with Gasteiger partial charge in [-0.2, -0.15) is 0 Å². The van der Waals surface area contributed by atoms with Gasteiger partial charge in [0, 0.05) is 9.50 Å². The van der Waals surface area contributed by atoms with Crippen LogP contribution in [-0.4, -0.2) is 7.11 Å². The van der Waals surface area contributed by atoms with Crippen molar-refractivity contribution in [2.75, 3.05) is 7.11 Å². The third-order valence-corrected chi connectivity index (χ3v) is 4.68. The standard InChI is InChI=1S/C14H11Br2ClO/c1-18-9-6-7-10(12(15)8-9)14(16)11-4-2-3-5-13(11)17/h2-8,14H,1H3. The summed E-state index contributed by atoms with van der Waals surface area (Å²) in [6, 6.07) is 13.7. The average Bonchev–Trinajstić information content (AvgIpc) is 2.38. The van der Waals surface area contributed by atoms with Crippen LogP contribution in [-0.2, 0) is 0 Å². The highest BCUT2D eigenvalue weighted by Crippen LogP contribution is 2.39. The highest BCUT2D eigenvalue weighted by atomic mass is 79.9. The molecule has 0 aromatic heterocycles. The molecule has 0 saturated carbocycles. The average molecular weight is 391 g/mol. The van der Waals surface area contributed by atoms with E-state index in [4.69, 9.17) is 16.3 Å². The number of hydrogen-bond donors (Lipinski definition) is 0. The fourth-order valence-electron chi connectivity index (χ4n) is 1.69. The van der Waals surface area contributed by atoms with Gasteiger partial charge < -0.3 is 4.74 Å². The molecule has 0 fully saturated rings. The Morgan fingerprint density at radius 2 is 1.83 bits per heavy atom. The zero-order valence-corrected chi connectivity index (χ0v) is 13.6. The Kier molecular flexibility index (Phi) is 4.71. The Morgan fingerprint density at radius 1 is 1.11 bits per heavy atom. The molecule has 0 aliphatic carbocycles. The third kappa shape index (κ3) is 2.90. The van der Waals surface area contributed by atoms with Crippen molar-refractivity contribution in [2.45, 2.75) is 4.83 Å². The molecule has 0 aliphatic heterocycles. The zero-order valence-electron chi connectivity index (χ0n) is 9.66. The van der Waals surface area contributed by atoms with Crippen molar-refractivity contribution in [3.8, 4) is 5.75 Å². The third-order valence-electron chi connectivity index (χ3n) is 2.66. The summed E-state index contributed by atoms with van der Waals surface area (Å²) in [5.74, 6) is 0.824. The van der Waals surface area contributed by atoms with Gasteiger partial charge >= 0.3 is 0 Å². The second kappa shape index (κ2) is 6.09. The Labute approximate surface area is 128 Å². The van der Waals surface area contributed by atoms with Gasteiger partial charge in [0.05, 0.1) is 11.9 Å². The van der Waals surface area contributed by atoms with Crippen molar-refractivity contribution in [1.29, 1.82) is 0 Å². The Balaban J connectivity index is 2.40. The van der Waals surface area contributed by atoms with E-state index >= 15 is 0 Å². The van der Waals surface area contributed by atoms with Crippen molar-refractivity contribution >= 4 is 43.5 Å². The number of rotatable bonds is 3. The summed E-state index contributed by atoms with van der Waals surface area (Å²) in [7, 11) is 1.65.